The van der Waals surface area contributed by atoms with Crippen LogP contribution in [0.4, 0.5) is 0 Å². The van der Waals surface area contributed by atoms with E-state index in [1.165, 1.54) is 6.42 Å². The second-order valence-electron chi connectivity index (χ2n) is 7.89. The van der Waals surface area contributed by atoms with Gasteiger partial charge in [-0.15, -0.1) is 0 Å². The molecule has 0 radical (unpaired) electrons. The fraction of sp³-hybridized carbons (Fsp3) is 0.524. The van der Waals surface area contributed by atoms with Crippen LogP contribution in [0.5, 0.6) is 0 Å². The Morgan fingerprint density at radius 2 is 2.07 bits per heavy atom. The lowest BCUT2D eigenvalue weighted by atomic mass is 9.84. The van der Waals surface area contributed by atoms with Gasteiger partial charge in [0.2, 0.25) is 0 Å². The van der Waals surface area contributed by atoms with Crippen LogP contribution in [0.3, 0.4) is 0 Å². The molecular formula is C21H25BrN4O. The minimum Gasteiger partial charge on any atom is -0.351 e. The predicted molar refractivity (Wildman–Crippen MR) is 109 cm³/mol. The van der Waals surface area contributed by atoms with E-state index in [4.69, 9.17) is 0 Å². The molecule has 1 amide bonds. The SMILES string of the molecule is N#CC(NC[C@H]1CCCC[C@@H]1NC(=O)c1cc2cc(Br)ccc2[nH]1)C1CC1. The zero-order chi connectivity index (χ0) is 18.8. The van der Waals surface area contributed by atoms with E-state index >= 15 is 0 Å². The summed E-state index contributed by atoms with van der Waals surface area (Å²) in [5.41, 5.74) is 1.57. The molecule has 0 spiro atoms. The van der Waals surface area contributed by atoms with Crippen LogP contribution in [-0.4, -0.2) is 29.5 Å². The Morgan fingerprint density at radius 1 is 1.26 bits per heavy atom. The maximum atomic E-state index is 12.8. The van der Waals surface area contributed by atoms with Crippen molar-refractivity contribution in [1.29, 1.82) is 5.26 Å². The van der Waals surface area contributed by atoms with E-state index in [1.54, 1.807) is 0 Å². The second-order valence-corrected chi connectivity index (χ2v) is 8.81. The van der Waals surface area contributed by atoms with Crippen molar-refractivity contribution in [3.05, 3.63) is 34.4 Å². The number of benzene rings is 1. The van der Waals surface area contributed by atoms with Crippen molar-refractivity contribution in [2.24, 2.45) is 11.8 Å². The van der Waals surface area contributed by atoms with Crippen LogP contribution in [0.1, 0.15) is 49.0 Å². The van der Waals surface area contributed by atoms with Gasteiger partial charge in [0.1, 0.15) is 5.69 Å². The summed E-state index contributed by atoms with van der Waals surface area (Å²) in [5.74, 6) is 0.867. The number of carbonyl (C=O) groups is 1. The fourth-order valence-electron chi connectivity index (χ4n) is 4.14. The summed E-state index contributed by atoms with van der Waals surface area (Å²) >= 11 is 3.47. The molecule has 2 saturated carbocycles. The molecule has 142 valence electrons. The third-order valence-corrected chi connectivity index (χ3v) is 6.38. The molecule has 4 rings (SSSR count). The van der Waals surface area contributed by atoms with Crippen LogP contribution in [0.15, 0.2) is 28.7 Å². The number of amides is 1. The summed E-state index contributed by atoms with van der Waals surface area (Å²) in [7, 11) is 0. The molecule has 2 fully saturated rings. The Balaban J connectivity index is 1.40. The minimum atomic E-state index is -0.0433. The predicted octanol–water partition coefficient (Wildman–Crippen LogP) is 4.11. The van der Waals surface area contributed by atoms with Crippen LogP contribution in [0, 0.1) is 23.2 Å². The summed E-state index contributed by atoms with van der Waals surface area (Å²) in [4.78, 5) is 16.0. The van der Waals surface area contributed by atoms with Crippen molar-refractivity contribution in [2.45, 2.75) is 50.6 Å². The average Bonchev–Trinajstić information content (AvgIpc) is 3.42. The zero-order valence-electron chi connectivity index (χ0n) is 15.3. The number of nitrogens with one attached hydrogen (secondary N) is 3. The number of aromatic amines is 1. The van der Waals surface area contributed by atoms with Crippen molar-refractivity contribution >= 4 is 32.7 Å². The highest BCUT2D eigenvalue weighted by atomic mass is 79.9. The van der Waals surface area contributed by atoms with Gasteiger partial charge in [-0.3, -0.25) is 4.79 Å². The molecule has 1 aromatic heterocycles. The summed E-state index contributed by atoms with van der Waals surface area (Å²) < 4.78 is 1.00. The molecule has 3 N–H and O–H groups in total. The number of hydrogen-bond acceptors (Lipinski definition) is 3. The molecule has 1 heterocycles. The van der Waals surface area contributed by atoms with Crippen LogP contribution in [0.25, 0.3) is 10.9 Å². The highest BCUT2D eigenvalue weighted by Crippen LogP contribution is 2.33. The molecule has 0 saturated heterocycles. The maximum Gasteiger partial charge on any atom is 0.267 e. The lowest BCUT2D eigenvalue weighted by Gasteiger charge is -2.33. The zero-order valence-corrected chi connectivity index (χ0v) is 16.9. The fourth-order valence-corrected chi connectivity index (χ4v) is 4.52. The van der Waals surface area contributed by atoms with Gasteiger partial charge in [-0.25, -0.2) is 0 Å². The number of halogens is 1. The maximum absolute atomic E-state index is 12.8. The molecule has 5 nitrogen and oxygen atoms in total. The van der Waals surface area contributed by atoms with E-state index < -0.39 is 0 Å². The molecule has 2 aliphatic carbocycles. The molecule has 0 aliphatic heterocycles. The van der Waals surface area contributed by atoms with E-state index in [1.807, 2.05) is 24.3 Å². The average molecular weight is 429 g/mol. The highest BCUT2D eigenvalue weighted by Gasteiger charge is 2.33. The third-order valence-electron chi connectivity index (χ3n) is 5.89. The van der Waals surface area contributed by atoms with Gasteiger partial charge in [0.05, 0.1) is 12.1 Å². The quantitative estimate of drug-likeness (QED) is 0.647. The molecule has 3 atom stereocenters. The number of aromatic nitrogens is 1. The normalized spacial score (nSPS) is 23.7. The summed E-state index contributed by atoms with van der Waals surface area (Å²) in [6, 6.07) is 10.4. The second kappa shape index (κ2) is 8.04. The number of nitrogens with zero attached hydrogens (tertiary/aromatic N) is 1. The van der Waals surface area contributed by atoms with Crippen molar-refractivity contribution in [3.63, 3.8) is 0 Å². The highest BCUT2D eigenvalue weighted by molar-refractivity contribution is 9.10. The number of carbonyl (C=O) groups excluding carboxylic acids is 1. The smallest absolute Gasteiger partial charge is 0.267 e. The van der Waals surface area contributed by atoms with Gasteiger partial charge < -0.3 is 15.6 Å². The Kier molecular flexibility index (Phi) is 5.51. The Bertz CT molecular complexity index is 867. The van der Waals surface area contributed by atoms with E-state index in [0.29, 0.717) is 17.5 Å². The monoisotopic (exact) mass is 428 g/mol. The van der Waals surface area contributed by atoms with Crippen LogP contribution < -0.4 is 10.6 Å². The van der Waals surface area contributed by atoms with Crippen molar-refractivity contribution in [2.75, 3.05) is 6.54 Å². The molecule has 2 aromatic rings. The summed E-state index contributed by atoms with van der Waals surface area (Å²) in [5, 5.41) is 17.0. The largest absolute Gasteiger partial charge is 0.351 e. The van der Waals surface area contributed by atoms with E-state index in [2.05, 4.69) is 37.6 Å². The first-order chi connectivity index (χ1) is 13.1. The van der Waals surface area contributed by atoms with Crippen molar-refractivity contribution in [3.8, 4) is 6.07 Å². The number of hydrogen-bond donors (Lipinski definition) is 3. The lowest BCUT2D eigenvalue weighted by molar-refractivity contribution is 0.0900. The van der Waals surface area contributed by atoms with Crippen molar-refractivity contribution < 1.29 is 4.79 Å². The number of fused-ring (bicyclic) bond motifs is 1. The molecular weight excluding hydrogens is 404 g/mol. The molecule has 0 bridgehead atoms. The van der Waals surface area contributed by atoms with Crippen LogP contribution >= 0.6 is 15.9 Å². The summed E-state index contributed by atoms with van der Waals surface area (Å²) in [6.45, 7) is 0.805. The summed E-state index contributed by atoms with van der Waals surface area (Å²) in [6.07, 6.45) is 6.76. The van der Waals surface area contributed by atoms with Crippen LogP contribution in [-0.2, 0) is 0 Å². The van der Waals surface area contributed by atoms with Gasteiger partial charge in [-0.2, -0.15) is 5.26 Å². The van der Waals surface area contributed by atoms with Gasteiger partial charge in [0.15, 0.2) is 0 Å². The van der Waals surface area contributed by atoms with Gasteiger partial charge in [0.25, 0.3) is 5.91 Å². The first kappa shape index (κ1) is 18.5. The molecule has 27 heavy (non-hydrogen) atoms. The first-order valence-electron chi connectivity index (χ1n) is 9.86. The van der Waals surface area contributed by atoms with Gasteiger partial charge in [0, 0.05) is 28.0 Å². The number of nitriles is 1. The topological polar surface area (TPSA) is 80.7 Å². The van der Waals surface area contributed by atoms with E-state index in [9.17, 15) is 10.1 Å². The lowest BCUT2D eigenvalue weighted by Crippen LogP contribution is -2.47. The standard InChI is InChI=1S/C21H25BrN4O/c22-16-7-8-18-15(9-16)10-19(25-18)21(27)26-17-4-2-1-3-14(17)12-24-20(11-23)13-5-6-13/h7-10,13-14,17,20,24-25H,1-6,12H2,(H,26,27)/t14-,17+,20?/m1/s1. The third kappa shape index (κ3) is 4.36. The Hall–Kier alpha value is -1.84. The van der Waals surface area contributed by atoms with Gasteiger partial charge in [-0.05, 0) is 61.8 Å². The Labute approximate surface area is 168 Å². The first-order valence-corrected chi connectivity index (χ1v) is 10.7. The van der Waals surface area contributed by atoms with Gasteiger partial charge >= 0.3 is 0 Å². The molecule has 1 aromatic carbocycles. The minimum absolute atomic E-state index is 0.0320. The van der Waals surface area contributed by atoms with Crippen molar-refractivity contribution in [1.82, 2.24) is 15.6 Å². The number of rotatable bonds is 6. The molecule has 6 heteroatoms. The number of H-pyrrole nitrogens is 1. The van der Waals surface area contributed by atoms with Gasteiger partial charge in [-0.1, -0.05) is 28.8 Å². The van der Waals surface area contributed by atoms with E-state index in [0.717, 1.165) is 54.0 Å². The van der Waals surface area contributed by atoms with E-state index in [-0.39, 0.29) is 18.0 Å². The molecule has 2 aliphatic rings. The molecule has 1 unspecified atom stereocenters. The van der Waals surface area contributed by atoms with Crippen LogP contribution in [0.2, 0.25) is 0 Å². The Morgan fingerprint density at radius 3 is 2.85 bits per heavy atom.